The second-order valence-corrected chi connectivity index (χ2v) is 13.1. The van der Waals surface area contributed by atoms with Crippen LogP contribution in [0.15, 0.2) is 66.9 Å². The van der Waals surface area contributed by atoms with Crippen LogP contribution in [0.4, 0.5) is 13.2 Å². The summed E-state index contributed by atoms with van der Waals surface area (Å²) >= 11 is 0. The Morgan fingerprint density at radius 3 is 2.35 bits per heavy atom. The van der Waals surface area contributed by atoms with E-state index in [4.69, 9.17) is 14.2 Å². The summed E-state index contributed by atoms with van der Waals surface area (Å²) in [6.45, 7) is 2.89. The number of aromatic nitrogens is 3. The molecule has 57 heavy (non-hydrogen) atoms. The second-order valence-electron chi connectivity index (χ2n) is 13.1. The molecule has 1 atom stereocenters. The van der Waals surface area contributed by atoms with Crippen LogP contribution in [0.1, 0.15) is 39.9 Å². The highest BCUT2D eigenvalue weighted by Crippen LogP contribution is 2.34. The van der Waals surface area contributed by atoms with Gasteiger partial charge in [-0.15, -0.1) is 0 Å². The molecular formula is C40H43F3N6O8. The molecule has 0 saturated carbocycles. The van der Waals surface area contributed by atoms with Crippen LogP contribution in [0.5, 0.6) is 5.75 Å². The average Bonchev–Trinajstić information content (AvgIpc) is 3.71. The fourth-order valence-electron chi connectivity index (χ4n) is 6.29. The van der Waals surface area contributed by atoms with Crippen LogP contribution < -0.4 is 15.4 Å². The van der Waals surface area contributed by atoms with Gasteiger partial charge in [-0.3, -0.25) is 33.3 Å². The van der Waals surface area contributed by atoms with Crippen LogP contribution >= 0.6 is 0 Å². The smallest absolute Gasteiger partial charge is 0.416 e. The van der Waals surface area contributed by atoms with Crippen LogP contribution in [-0.4, -0.2) is 102 Å². The number of nitrogens with one attached hydrogen (secondary N) is 2. The van der Waals surface area contributed by atoms with Gasteiger partial charge in [-0.2, -0.15) is 18.3 Å². The van der Waals surface area contributed by atoms with Crippen LogP contribution in [0.25, 0.3) is 27.6 Å². The maximum atomic E-state index is 13.2. The maximum absolute atomic E-state index is 13.2. The predicted molar refractivity (Wildman–Crippen MR) is 203 cm³/mol. The largest absolute Gasteiger partial charge is 0.484 e. The summed E-state index contributed by atoms with van der Waals surface area (Å²) in [4.78, 5) is 61.1. The summed E-state index contributed by atoms with van der Waals surface area (Å²) in [7, 11) is 3.16. The molecule has 2 N–H and O–H groups in total. The summed E-state index contributed by atoms with van der Waals surface area (Å²) in [6.07, 6.45) is -1.08. The Morgan fingerprint density at radius 2 is 1.68 bits per heavy atom. The molecule has 5 rings (SSSR count). The van der Waals surface area contributed by atoms with Crippen molar-refractivity contribution in [3.8, 4) is 11.4 Å². The van der Waals surface area contributed by atoms with E-state index in [0.717, 1.165) is 38.9 Å². The molecule has 5 aromatic rings. The molecule has 0 aliphatic heterocycles. The van der Waals surface area contributed by atoms with Crippen LogP contribution in [-0.2, 0) is 48.3 Å². The summed E-state index contributed by atoms with van der Waals surface area (Å²) in [5.41, 5.74) is 2.96. The van der Waals surface area contributed by atoms with Gasteiger partial charge in [-0.1, -0.05) is 6.07 Å². The van der Waals surface area contributed by atoms with Crippen molar-refractivity contribution in [2.45, 2.75) is 38.4 Å². The molecule has 0 aliphatic rings. The number of amides is 4. The molecule has 0 aliphatic carbocycles. The Kier molecular flexibility index (Phi) is 14.2. The van der Waals surface area contributed by atoms with Gasteiger partial charge >= 0.3 is 6.18 Å². The molecule has 3 aromatic carbocycles. The monoisotopic (exact) mass is 792 g/mol. The summed E-state index contributed by atoms with van der Waals surface area (Å²) < 4.78 is 59.8. The molecule has 1 unspecified atom stereocenters. The quantitative estimate of drug-likeness (QED) is 0.0865. The minimum absolute atomic E-state index is 0.0128. The van der Waals surface area contributed by atoms with Crippen LogP contribution in [0, 0.1) is 6.92 Å². The summed E-state index contributed by atoms with van der Waals surface area (Å²) in [6, 6.07) is 14.2. The fraction of sp³-hybridized carbons (Fsp3) is 0.350. The first-order valence-electron chi connectivity index (χ1n) is 18.1. The van der Waals surface area contributed by atoms with Crippen molar-refractivity contribution >= 4 is 52.4 Å². The minimum atomic E-state index is -4.42. The highest BCUT2D eigenvalue weighted by Gasteiger charge is 2.31. The lowest BCUT2D eigenvalue weighted by atomic mass is 10.0. The number of hydrogen-bond donors (Lipinski definition) is 2. The zero-order chi connectivity index (χ0) is 41.1. The van der Waals surface area contributed by atoms with Gasteiger partial charge in [0.2, 0.25) is 12.3 Å². The number of imide groups is 1. The van der Waals surface area contributed by atoms with E-state index in [0.29, 0.717) is 55.2 Å². The van der Waals surface area contributed by atoms with Gasteiger partial charge in [0, 0.05) is 55.3 Å². The van der Waals surface area contributed by atoms with E-state index in [2.05, 4.69) is 15.7 Å². The third-order valence-corrected chi connectivity index (χ3v) is 9.13. The fourth-order valence-corrected chi connectivity index (χ4v) is 6.29. The number of fused-ring (bicyclic) bond motifs is 3. The van der Waals surface area contributed by atoms with Gasteiger partial charge in [0.1, 0.15) is 18.1 Å². The number of alkyl halides is 3. The Hall–Kier alpha value is -6.07. The molecule has 0 spiro atoms. The standard InChI is InChI=1S/C40H43F3N6O8/c1-26-21-30(11-12-31(26)39(54)48(25-51)35(5-4-16-50)38(53)44-2)57-24-36(52)45-15-18-56-20-19-55-17-14-27-6-13-34-32(22-27)33-23-47(3)46-37(33)49(34)29-9-7-28(8-10-29)40(41,42)43/h6-13,16,21-23,25,35H,4-5,14-15,17-20,24H2,1-3H3,(H,44,53)(H,45,52). The Balaban J connectivity index is 1.01. The van der Waals surface area contributed by atoms with Crippen LogP contribution in [0.3, 0.4) is 0 Å². The first-order chi connectivity index (χ1) is 27.4. The van der Waals surface area contributed by atoms with Gasteiger partial charge in [0.25, 0.3) is 11.8 Å². The highest BCUT2D eigenvalue weighted by atomic mass is 19.4. The molecule has 2 aromatic heterocycles. The van der Waals surface area contributed by atoms with Gasteiger partial charge < -0.3 is 29.6 Å². The number of ether oxygens (including phenoxy) is 3. The minimum Gasteiger partial charge on any atom is -0.484 e. The number of rotatable bonds is 20. The first-order valence-corrected chi connectivity index (χ1v) is 18.1. The maximum Gasteiger partial charge on any atom is 0.416 e. The summed E-state index contributed by atoms with van der Waals surface area (Å²) in [5, 5.41) is 11.5. The Morgan fingerprint density at radius 1 is 0.947 bits per heavy atom. The van der Waals surface area contributed by atoms with Gasteiger partial charge in [0.15, 0.2) is 12.3 Å². The van der Waals surface area contributed by atoms with E-state index in [1.807, 2.05) is 29.0 Å². The molecule has 4 amide bonds. The van der Waals surface area contributed by atoms with Crippen LogP contribution in [0.2, 0.25) is 0 Å². The topological polar surface area (TPSA) is 163 Å². The molecule has 14 nitrogen and oxygen atoms in total. The number of benzene rings is 3. The zero-order valence-electron chi connectivity index (χ0n) is 31.6. The van der Waals surface area contributed by atoms with Crippen molar-refractivity contribution in [3.63, 3.8) is 0 Å². The van der Waals surface area contributed by atoms with E-state index >= 15 is 0 Å². The lowest BCUT2D eigenvalue weighted by molar-refractivity contribution is -0.137. The third-order valence-electron chi connectivity index (χ3n) is 9.13. The summed E-state index contributed by atoms with van der Waals surface area (Å²) in [5.74, 6) is -1.36. The lowest BCUT2D eigenvalue weighted by Gasteiger charge is -2.25. The van der Waals surface area contributed by atoms with Crippen molar-refractivity contribution in [1.82, 2.24) is 29.9 Å². The number of carbonyl (C=O) groups is 5. The van der Waals surface area contributed by atoms with Gasteiger partial charge in [-0.05, 0) is 85.5 Å². The van der Waals surface area contributed by atoms with Crippen molar-refractivity contribution in [2.75, 3.05) is 46.6 Å². The van der Waals surface area contributed by atoms with E-state index in [1.165, 1.54) is 37.4 Å². The number of halogens is 3. The molecular weight excluding hydrogens is 749 g/mol. The molecule has 2 heterocycles. The Labute approximate surface area is 325 Å². The molecule has 17 heteroatoms. The number of likely N-dealkylation sites (N-methyl/N-ethyl adjacent to an activating group) is 1. The number of hydrogen-bond acceptors (Lipinski definition) is 9. The van der Waals surface area contributed by atoms with Gasteiger partial charge in [-0.25, -0.2) is 0 Å². The van der Waals surface area contributed by atoms with E-state index < -0.39 is 35.5 Å². The highest BCUT2D eigenvalue weighted by molar-refractivity contribution is 6.08. The van der Waals surface area contributed by atoms with Gasteiger partial charge in [0.05, 0.1) is 37.5 Å². The number of nitrogens with zero attached hydrogens (tertiary/aromatic N) is 4. The van der Waals surface area contributed by atoms with Crippen molar-refractivity contribution in [1.29, 1.82) is 0 Å². The number of aryl methyl sites for hydroxylation is 2. The van der Waals surface area contributed by atoms with Crippen molar-refractivity contribution in [3.05, 3.63) is 89.1 Å². The van der Waals surface area contributed by atoms with E-state index in [-0.39, 0.29) is 44.6 Å². The average molecular weight is 793 g/mol. The SMILES string of the molecule is CNC(=O)C(CCC=O)N(C=O)C(=O)c1ccc(OCC(=O)NCCOCCOCCc2ccc3c(c2)c2cn(C)nc2n3-c2ccc(C(F)(F)F)cc2)cc1C. The molecule has 0 fully saturated rings. The van der Waals surface area contributed by atoms with E-state index in [1.54, 1.807) is 18.7 Å². The second kappa shape index (κ2) is 19.2. The lowest BCUT2D eigenvalue weighted by Crippen LogP contribution is -2.48. The third kappa shape index (κ3) is 10.4. The van der Waals surface area contributed by atoms with Crippen molar-refractivity contribution in [2.24, 2.45) is 7.05 Å². The molecule has 0 saturated heterocycles. The number of carbonyl (C=O) groups excluding carboxylic acids is 5. The van der Waals surface area contributed by atoms with Crippen molar-refractivity contribution < 1.29 is 51.4 Å². The molecule has 0 radical (unpaired) electrons. The zero-order valence-corrected chi connectivity index (χ0v) is 31.6. The predicted octanol–water partition coefficient (Wildman–Crippen LogP) is 4.31. The first kappa shape index (κ1) is 42.1. The number of aldehydes is 1. The van der Waals surface area contributed by atoms with E-state index in [9.17, 15) is 37.1 Å². The molecule has 0 bridgehead atoms. The normalized spacial score (nSPS) is 12.0. The Bertz CT molecular complexity index is 2220. The molecule has 302 valence electrons.